The summed E-state index contributed by atoms with van der Waals surface area (Å²) in [4.78, 5) is 4.05. The van der Waals surface area contributed by atoms with E-state index in [1.165, 1.54) is 6.07 Å². The van der Waals surface area contributed by atoms with Crippen molar-refractivity contribution in [2.45, 2.75) is 44.1 Å². The van der Waals surface area contributed by atoms with E-state index in [1.807, 2.05) is 0 Å². The van der Waals surface area contributed by atoms with E-state index in [0.717, 1.165) is 0 Å². The summed E-state index contributed by atoms with van der Waals surface area (Å²) in [6.45, 7) is 1.59. The van der Waals surface area contributed by atoms with Gasteiger partial charge >= 0.3 is 6.18 Å². The first kappa shape index (κ1) is 15.6. The van der Waals surface area contributed by atoms with Crippen molar-refractivity contribution < 1.29 is 26.8 Å². The van der Waals surface area contributed by atoms with Crippen molar-refractivity contribution in [3.63, 3.8) is 0 Å². The van der Waals surface area contributed by atoms with Gasteiger partial charge in [-0.3, -0.25) is 0 Å². The predicted octanol–water partition coefficient (Wildman–Crippen LogP) is 4.01. The number of aromatic nitrogens is 2. The van der Waals surface area contributed by atoms with Crippen LogP contribution >= 0.6 is 0 Å². The number of aryl methyl sites for hydroxylation is 1. The van der Waals surface area contributed by atoms with Gasteiger partial charge in [0.2, 0.25) is 11.7 Å². The maximum atomic E-state index is 14.2. The van der Waals surface area contributed by atoms with E-state index in [9.17, 15) is 17.6 Å². The first-order valence-electron chi connectivity index (χ1n) is 7.67. The Labute approximate surface area is 134 Å². The fraction of sp³-hybridized carbons (Fsp3) is 0.500. The van der Waals surface area contributed by atoms with Gasteiger partial charge in [-0.1, -0.05) is 17.3 Å². The topological polar surface area (TPSA) is 48.2 Å². The second kappa shape index (κ2) is 5.27. The summed E-state index contributed by atoms with van der Waals surface area (Å²) in [5.74, 6) is -3.39. The molecule has 2 aliphatic heterocycles. The van der Waals surface area contributed by atoms with Crippen LogP contribution in [-0.4, -0.2) is 28.5 Å². The minimum absolute atomic E-state index is 0.0464. The van der Waals surface area contributed by atoms with Crippen LogP contribution in [0.2, 0.25) is 0 Å². The lowest BCUT2D eigenvalue weighted by Gasteiger charge is -2.27. The van der Waals surface area contributed by atoms with E-state index in [0.29, 0.717) is 18.4 Å². The van der Waals surface area contributed by atoms with E-state index in [2.05, 4.69) is 10.1 Å². The van der Waals surface area contributed by atoms with Crippen molar-refractivity contribution in [2.24, 2.45) is 5.92 Å². The Kier molecular flexibility index (Phi) is 3.42. The highest BCUT2D eigenvalue weighted by Crippen LogP contribution is 2.54. The highest BCUT2D eigenvalue weighted by molar-refractivity contribution is 5.56. The fourth-order valence-electron chi connectivity index (χ4n) is 3.71. The third-order valence-electron chi connectivity index (χ3n) is 4.81. The minimum Gasteiger partial charge on any atom is -0.373 e. The Hall–Kier alpha value is -1.96. The number of rotatable bonds is 2. The van der Waals surface area contributed by atoms with Gasteiger partial charge < -0.3 is 9.26 Å². The van der Waals surface area contributed by atoms with Crippen molar-refractivity contribution in [3.05, 3.63) is 35.5 Å². The summed E-state index contributed by atoms with van der Waals surface area (Å²) in [5, 5.41) is 3.68. The third kappa shape index (κ3) is 2.31. The Morgan fingerprint density at radius 2 is 1.92 bits per heavy atom. The number of hydrogen-bond acceptors (Lipinski definition) is 4. The van der Waals surface area contributed by atoms with Gasteiger partial charge in [0, 0.05) is 0 Å². The highest BCUT2D eigenvalue weighted by atomic mass is 19.4. The molecule has 2 bridgehead atoms. The van der Waals surface area contributed by atoms with Gasteiger partial charge in [0.15, 0.2) is 0 Å². The van der Waals surface area contributed by atoms with Crippen molar-refractivity contribution in [3.8, 4) is 11.4 Å². The molecule has 0 aliphatic carbocycles. The molecule has 1 aromatic heterocycles. The number of nitrogens with zero attached hydrogens (tertiary/aromatic N) is 2. The molecule has 128 valence electrons. The third-order valence-corrected chi connectivity index (χ3v) is 4.81. The standard InChI is InChI=1S/C16H14F4N2O2/c1-7-3-2-4-8(13(7)17)14-21-15(24-22-14)11-9-5-6-10(23-9)12(11)16(18,19)20/h2-4,9-12H,5-6H2,1H3. The molecule has 0 N–H and O–H groups in total. The summed E-state index contributed by atoms with van der Waals surface area (Å²) in [6.07, 6.45) is -4.96. The van der Waals surface area contributed by atoms with Gasteiger partial charge in [-0.15, -0.1) is 0 Å². The van der Waals surface area contributed by atoms with E-state index in [-0.39, 0.29) is 17.3 Å². The normalized spacial score (nSPS) is 29.4. The Morgan fingerprint density at radius 1 is 1.17 bits per heavy atom. The lowest BCUT2D eigenvalue weighted by Crippen LogP contribution is -2.37. The molecule has 0 saturated carbocycles. The largest absolute Gasteiger partial charge is 0.395 e. The minimum atomic E-state index is -4.41. The summed E-state index contributed by atoms with van der Waals surface area (Å²) in [6, 6.07) is 4.68. The Morgan fingerprint density at radius 3 is 2.67 bits per heavy atom. The summed E-state index contributed by atoms with van der Waals surface area (Å²) >= 11 is 0. The van der Waals surface area contributed by atoms with Crippen LogP contribution in [0.4, 0.5) is 17.6 Å². The molecule has 3 heterocycles. The molecule has 4 rings (SSSR count). The van der Waals surface area contributed by atoms with Gasteiger partial charge in [0.25, 0.3) is 0 Å². The first-order chi connectivity index (χ1) is 11.4. The van der Waals surface area contributed by atoms with Crippen molar-refractivity contribution in [1.29, 1.82) is 0 Å². The van der Waals surface area contributed by atoms with E-state index in [4.69, 9.17) is 9.26 Å². The smallest absolute Gasteiger partial charge is 0.373 e. The molecule has 0 amide bonds. The predicted molar refractivity (Wildman–Crippen MR) is 74.6 cm³/mol. The molecule has 0 radical (unpaired) electrons. The van der Waals surface area contributed by atoms with Gasteiger partial charge in [-0.2, -0.15) is 18.2 Å². The summed E-state index contributed by atoms with van der Waals surface area (Å²) < 4.78 is 64.8. The van der Waals surface area contributed by atoms with E-state index in [1.54, 1.807) is 19.1 Å². The number of ether oxygens (including phenoxy) is 1. The number of halogens is 4. The van der Waals surface area contributed by atoms with Crippen LogP contribution in [0.3, 0.4) is 0 Å². The Bertz CT molecular complexity index is 774. The van der Waals surface area contributed by atoms with Gasteiger partial charge in [-0.05, 0) is 31.4 Å². The molecule has 24 heavy (non-hydrogen) atoms. The fourth-order valence-corrected chi connectivity index (χ4v) is 3.71. The van der Waals surface area contributed by atoms with Crippen LogP contribution < -0.4 is 0 Å². The molecular weight excluding hydrogens is 328 g/mol. The van der Waals surface area contributed by atoms with Gasteiger partial charge in [0.05, 0.1) is 29.6 Å². The summed E-state index contributed by atoms with van der Waals surface area (Å²) in [7, 11) is 0. The van der Waals surface area contributed by atoms with Crippen molar-refractivity contribution >= 4 is 0 Å². The van der Waals surface area contributed by atoms with Crippen LogP contribution in [0.1, 0.15) is 30.2 Å². The quantitative estimate of drug-likeness (QED) is 0.774. The molecule has 1 aromatic carbocycles. The molecule has 2 fully saturated rings. The van der Waals surface area contributed by atoms with Crippen LogP contribution in [0, 0.1) is 18.7 Å². The van der Waals surface area contributed by atoms with Crippen LogP contribution in [0.15, 0.2) is 22.7 Å². The zero-order valence-electron chi connectivity index (χ0n) is 12.7. The molecule has 4 atom stereocenters. The average molecular weight is 342 g/mol. The highest BCUT2D eigenvalue weighted by Gasteiger charge is 2.62. The van der Waals surface area contributed by atoms with E-state index >= 15 is 0 Å². The van der Waals surface area contributed by atoms with Gasteiger partial charge in [-0.25, -0.2) is 4.39 Å². The second-order valence-corrected chi connectivity index (χ2v) is 6.28. The molecule has 2 aromatic rings. The number of benzene rings is 1. The molecule has 0 spiro atoms. The number of fused-ring (bicyclic) bond motifs is 2. The van der Waals surface area contributed by atoms with Crippen LogP contribution in [0.5, 0.6) is 0 Å². The molecule has 2 saturated heterocycles. The molecular formula is C16H14F4N2O2. The molecule has 8 heteroatoms. The molecule has 4 unspecified atom stereocenters. The van der Waals surface area contributed by atoms with Crippen LogP contribution in [0.25, 0.3) is 11.4 Å². The zero-order valence-corrected chi connectivity index (χ0v) is 12.7. The lowest BCUT2D eigenvalue weighted by molar-refractivity contribution is -0.190. The second-order valence-electron chi connectivity index (χ2n) is 6.28. The monoisotopic (exact) mass is 342 g/mol. The lowest BCUT2D eigenvalue weighted by atomic mass is 9.78. The first-order valence-corrected chi connectivity index (χ1v) is 7.67. The van der Waals surface area contributed by atoms with Gasteiger partial charge in [0.1, 0.15) is 5.82 Å². The molecule has 2 aliphatic rings. The van der Waals surface area contributed by atoms with Crippen molar-refractivity contribution in [2.75, 3.05) is 0 Å². The average Bonchev–Trinajstić information content (AvgIpc) is 3.22. The Balaban J connectivity index is 1.71. The maximum absolute atomic E-state index is 14.2. The van der Waals surface area contributed by atoms with Crippen LogP contribution in [-0.2, 0) is 4.74 Å². The molecule has 4 nitrogen and oxygen atoms in total. The number of hydrogen-bond donors (Lipinski definition) is 0. The zero-order chi connectivity index (χ0) is 17.1. The van der Waals surface area contributed by atoms with E-state index < -0.39 is 36.0 Å². The SMILES string of the molecule is Cc1cccc(-c2noc(C3C4CCC(O4)C3C(F)(F)F)n2)c1F. The van der Waals surface area contributed by atoms with Crippen molar-refractivity contribution in [1.82, 2.24) is 10.1 Å². The maximum Gasteiger partial charge on any atom is 0.395 e. The number of alkyl halides is 3. The summed E-state index contributed by atoms with van der Waals surface area (Å²) in [5.41, 5.74) is 0.507.